The average molecular weight is 518 g/mol. The van der Waals surface area contributed by atoms with Gasteiger partial charge in [-0.05, 0) is 41.5 Å². The number of anilines is 2. The van der Waals surface area contributed by atoms with Gasteiger partial charge in [-0.1, -0.05) is 72.8 Å². The molecule has 0 aliphatic carbocycles. The van der Waals surface area contributed by atoms with Crippen molar-refractivity contribution in [2.75, 3.05) is 17.2 Å². The van der Waals surface area contributed by atoms with Gasteiger partial charge in [0.05, 0.1) is 17.6 Å². The maximum atomic E-state index is 13.1. The van der Waals surface area contributed by atoms with Gasteiger partial charge in [-0.25, -0.2) is 4.98 Å². The molecule has 0 radical (unpaired) electrons. The Balaban J connectivity index is 1.36. The molecule has 4 aromatic carbocycles. The van der Waals surface area contributed by atoms with E-state index in [0.717, 1.165) is 16.6 Å². The van der Waals surface area contributed by atoms with Crippen LogP contribution in [0.1, 0.15) is 27.1 Å². The minimum absolute atomic E-state index is 0.0334. The molecule has 5 rings (SSSR count). The van der Waals surface area contributed by atoms with Gasteiger partial charge < -0.3 is 15.6 Å². The SMILES string of the molecule is NC(=O)CCn1c(NC(=O)c2ccc(-c3ccccc3)cc2)nc2cc(NCC(=O)c3ccccc3)ccc21. The number of hydrogen-bond donors (Lipinski definition) is 3. The van der Waals surface area contributed by atoms with Crippen molar-refractivity contribution in [2.45, 2.75) is 13.0 Å². The highest BCUT2D eigenvalue weighted by Gasteiger charge is 2.16. The van der Waals surface area contributed by atoms with Gasteiger partial charge in [0, 0.05) is 29.8 Å². The van der Waals surface area contributed by atoms with Crippen LogP contribution in [0.4, 0.5) is 11.6 Å². The number of imidazole rings is 1. The number of rotatable bonds is 10. The molecule has 0 bridgehead atoms. The molecule has 8 nitrogen and oxygen atoms in total. The van der Waals surface area contributed by atoms with Gasteiger partial charge in [-0.2, -0.15) is 0 Å². The fourth-order valence-electron chi connectivity index (χ4n) is 4.31. The van der Waals surface area contributed by atoms with Crippen molar-refractivity contribution in [2.24, 2.45) is 5.73 Å². The zero-order valence-corrected chi connectivity index (χ0v) is 21.1. The van der Waals surface area contributed by atoms with Gasteiger partial charge in [0.2, 0.25) is 11.9 Å². The van der Waals surface area contributed by atoms with Crippen LogP contribution in [-0.2, 0) is 11.3 Å². The molecular formula is C31H27N5O3. The smallest absolute Gasteiger partial charge is 0.257 e. The minimum atomic E-state index is -0.455. The van der Waals surface area contributed by atoms with Crippen LogP contribution < -0.4 is 16.4 Å². The van der Waals surface area contributed by atoms with Crippen LogP contribution in [-0.4, -0.2) is 33.7 Å². The zero-order valence-electron chi connectivity index (χ0n) is 21.1. The molecule has 4 N–H and O–H groups in total. The van der Waals surface area contributed by atoms with Crippen molar-refractivity contribution in [1.82, 2.24) is 9.55 Å². The van der Waals surface area contributed by atoms with Gasteiger partial charge >= 0.3 is 0 Å². The Morgan fingerprint density at radius 2 is 1.44 bits per heavy atom. The third kappa shape index (κ3) is 6.02. The summed E-state index contributed by atoms with van der Waals surface area (Å²) in [5, 5.41) is 6.02. The molecule has 0 atom stereocenters. The summed E-state index contributed by atoms with van der Waals surface area (Å²) < 4.78 is 1.76. The Hall–Kier alpha value is -5.24. The second-order valence-corrected chi connectivity index (χ2v) is 9.05. The first kappa shape index (κ1) is 25.4. The summed E-state index contributed by atoms with van der Waals surface area (Å²) in [5.41, 5.74) is 10.6. The Bertz CT molecular complexity index is 1630. The monoisotopic (exact) mass is 517 g/mol. The molecule has 0 aliphatic heterocycles. The molecule has 8 heteroatoms. The van der Waals surface area contributed by atoms with Crippen molar-refractivity contribution < 1.29 is 14.4 Å². The summed E-state index contributed by atoms with van der Waals surface area (Å²) in [5.74, 6) is -0.504. The highest BCUT2D eigenvalue weighted by molar-refractivity contribution is 6.04. The summed E-state index contributed by atoms with van der Waals surface area (Å²) in [7, 11) is 0. The van der Waals surface area contributed by atoms with Crippen molar-refractivity contribution in [1.29, 1.82) is 0 Å². The second kappa shape index (κ2) is 11.4. The molecule has 0 fully saturated rings. The fourth-order valence-corrected chi connectivity index (χ4v) is 4.31. The van der Waals surface area contributed by atoms with E-state index in [-0.39, 0.29) is 31.2 Å². The average Bonchev–Trinajstić information content (AvgIpc) is 3.31. The molecule has 1 heterocycles. The number of nitrogens with zero attached hydrogens (tertiary/aromatic N) is 2. The molecular weight excluding hydrogens is 490 g/mol. The lowest BCUT2D eigenvalue weighted by atomic mass is 10.0. The molecule has 0 unspecified atom stereocenters. The lowest BCUT2D eigenvalue weighted by molar-refractivity contribution is -0.118. The van der Waals surface area contributed by atoms with Crippen molar-refractivity contribution in [3.63, 3.8) is 0 Å². The maximum absolute atomic E-state index is 13.1. The number of aryl methyl sites for hydroxylation is 1. The van der Waals surface area contributed by atoms with E-state index in [9.17, 15) is 14.4 Å². The van der Waals surface area contributed by atoms with Gasteiger partial charge in [-0.3, -0.25) is 19.7 Å². The number of nitrogens with two attached hydrogens (primary N) is 1. The predicted molar refractivity (Wildman–Crippen MR) is 153 cm³/mol. The highest BCUT2D eigenvalue weighted by Crippen LogP contribution is 2.25. The number of hydrogen-bond acceptors (Lipinski definition) is 5. The number of carbonyl (C=O) groups excluding carboxylic acids is 3. The van der Waals surface area contributed by atoms with Crippen LogP contribution >= 0.6 is 0 Å². The predicted octanol–water partition coefficient (Wildman–Crippen LogP) is 5.13. The number of primary amides is 1. The molecule has 0 aliphatic rings. The quantitative estimate of drug-likeness (QED) is 0.222. The van der Waals surface area contributed by atoms with Crippen molar-refractivity contribution in [3.8, 4) is 11.1 Å². The van der Waals surface area contributed by atoms with Crippen molar-refractivity contribution in [3.05, 3.63) is 114 Å². The van der Waals surface area contributed by atoms with Crippen LogP contribution in [0.2, 0.25) is 0 Å². The van der Waals surface area contributed by atoms with E-state index in [1.54, 1.807) is 34.9 Å². The van der Waals surface area contributed by atoms with Crippen LogP contribution in [0.15, 0.2) is 103 Å². The van der Waals surface area contributed by atoms with Gasteiger partial charge in [-0.15, -0.1) is 0 Å². The fraction of sp³-hybridized carbons (Fsp3) is 0.0968. The van der Waals surface area contributed by atoms with E-state index >= 15 is 0 Å². The number of Topliss-reactive ketones (excluding diaryl/α,β-unsaturated/α-hetero) is 1. The van der Waals surface area contributed by atoms with Crippen molar-refractivity contribution >= 4 is 40.3 Å². The Labute approximate surface area is 225 Å². The third-order valence-corrected chi connectivity index (χ3v) is 6.36. The number of fused-ring (bicyclic) bond motifs is 1. The van der Waals surface area contributed by atoms with Gasteiger partial charge in [0.25, 0.3) is 5.91 Å². The standard InChI is InChI=1S/C31H27N5O3/c32-29(38)17-18-36-27-16-15-25(33-20-28(37)23-9-5-2-6-10-23)19-26(27)34-31(36)35-30(39)24-13-11-22(12-14-24)21-7-3-1-4-8-21/h1-16,19,33H,17-18,20H2,(H2,32,38)(H,34,35,39). The molecule has 194 valence electrons. The lowest BCUT2D eigenvalue weighted by Gasteiger charge is -2.10. The first-order valence-electron chi connectivity index (χ1n) is 12.6. The lowest BCUT2D eigenvalue weighted by Crippen LogP contribution is -2.18. The van der Waals surface area contributed by atoms with E-state index in [1.807, 2.05) is 72.8 Å². The minimum Gasteiger partial charge on any atom is -0.378 e. The molecule has 2 amide bonds. The highest BCUT2D eigenvalue weighted by atomic mass is 16.2. The maximum Gasteiger partial charge on any atom is 0.257 e. The summed E-state index contributed by atoms with van der Waals surface area (Å²) in [4.78, 5) is 41.7. The number of carbonyl (C=O) groups is 3. The second-order valence-electron chi connectivity index (χ2n) is 9.05. The first-order valence-corrected chi connectivity index (χ1v) is 12.6. The van der Waals surface area contributed by atoms with Gasteiger partial charge in [0.1, 0.15) is 0 Å². The number of ketones is 1. The molecule has 1 aromatic heterocycles. The number of nitrogens with one attached hydrogen (secondary N) is 2. The van der Waals surface area contributed by atoms with E-state index in [0.29, 0.717) is 28.3 Å². The molecule has 39 heavy (non-hydrogen) atoms. The summed E-state index contributed by atoms with van der Waals surface area (Å²) in [6.07, 6.45) is 0.0890. The summed E-state index contributed by atoms with van der Waals surface area (Å²) in [6.45, 7) is 0.383. The van der Waals surface area contributed by atoms with E-state index in [4.69, 9.17) is 5.73 Å². The first-order chi connectivity index (χ1) is 19.0. The third-order valence-electron chi connectivity index (χ3n) is 6.36. The molecule has 0 spiro atoms. The van der Waals surface area contributed by atoms with E-state index < -0.39 is 5.91 Å². The van der Waals surface area contributed by atoms with E-state index in [1.165, 1.54) is 0 Å². The zero-order chi connectivity index (χ0) is 27.2. The Morgan fingerprint density at radius 1 is 0.769 bits per heavy atom. The van der Waals surface area contributed by atoms with Crippen LogP contribution in [0.3, 0.4) is 0 Å². The van der Waals surface area contributed by atoms with E-state index in [2.05, 4.69) is 15.6 Å². The normalized spacial score (nSPS) is 10.8. The summed E-state index contributed by atoms with van der Waals surface area (Å²) >= 11 is 0. The topological polar surface area (TPSA) is 119 Å². The molecule has 0 saturated carbocycles. The molecule has 0 saturated heterocycles. The number of benzene rings is 4. The Morgan fingerprint density at radius 3 is 2.13 bits per heavy atom. The van der Waals surface area contributed by atoms with Crippen LogP contribution in [0, 0.1) is 0 Å². The summed E-state index contributed by atoms with van der Waals surface area (Å²) in [6, 6.07) is 31.8. The number of amides is 2. The van der Waals surface area contributed by atoms with Gasteiger partial charge in [0.15, 0.2) is 5.78 Å². The van der Waals surface area contributed by atoms with Crippen LogP contribution in [0.25, 0.3) is 22.2 Å². The Kier molecular flexibility index (Phi) is 7.45. The number of aromatic nitrogens is 2. The largest absolute Gasteiger partial charge is 0.378 e. The molecule has 5 aromatic rings. The van der Waals surface area contributed by atoms with Crippen LogP contribution in [0.5, 0.6) is 0 Å².